The minimum atomic E-state index is -0.361. The summed E-state index contributed by atoms with van der Waals surface area (Å²) in [4.78, 5) is 13.9. The highest BCUT2D eigenvalue weighted by Gasteiger charge is 2.38. The van der Waals surface area contributed by atoms with E-state index in [-0.39, 0.29) is 17.6 Å². The van der Waals surface area contributed by atoms with Gasteiger partial charge in [-0.15, -0.1) is 0 Å². The van der Waals surface area contributed by atoms with Gasteiger partial charge in [-0.1, -0.05) is 55.4 Å². The molecule has 0 aliphatic carbocycles. The number of hydrogen-bond acceptors (Lipinski definition) is 3. The average molecular weight is 348 g/mol. The van der Waals surface area contributed by atoms with E-state index in [9.17, 15) is 4.79 Å². The van der Waals surface area contributed by atoms with Crippen molar-refractivity contribution >= 4 is 29.5 Å². The van der Waals surface area contributed by atoms with Crippen LogP contribution < -0.4 is 5.32 Å². The Hall–Kier alpha value is -1.65. The number of cyclic esters (lactones) is 1. The Bertz CT molecular complexity index is 715. The van der Waals surface area contributed by atoms with Crippen molar-refractivity contribution in [2.24, 2.45) is 5.41 Å². The Balaban J connectivity index is 1.93. The normalized spacial score (nSPS) is 19.8. The number of amides is 1. The van der Waals surface area contributed by atoms with Crippen molar-refractivity contribution in [3.05, 3.63) is 59.1 Å². The van der Waals surface area contributed by atoms with Crippen LogP contribution in [0.25, 0.3) is 0 Å². The van der Waals surface area contributed by atoms with Crippen LogP contribution in [0.1, 0.15) is 25.5 Å². The molecule has 1 saturated heterocycles. The summed E-state index contributed by atoms with van der Waals surface area (Å²) in [5.41, 5.74) is 0.930. The molecule has 1 atom stereocenters. The highest BCUT2D eigenvalue weighted by atomic mass is 35.5. The van der Waals surface area contributed by atoms with Gasteiger partial charge in [-0.3, -0.25) is 0 Å². The summed E-state index contributed by atoms with van der Waals surface area (Å²) in [6.45, 7) is 4.60. The number of nitrogens with one attached hydrogen (secondary N) is 1. The molecule has 3 rings (SSSR count). The second-order valence-corrected chi connectivity index (χ2v) is 7.79. The van der Waals surface area contributed by atoms with Crippen molar-refractivity contribution in [2.45, 2.75) is 29.7 Å². The number of hydrogen-bond donors (Lipinski definition) is 1. The first kappa shape index (κ1) is 16.2. The van der Waals surface area contributed by atoms with E-state index >= 15 is 0 Å². The van der Waals surface area contributed by atoms with Gasteiger partial charge in [-0.25, -0.2) is 4.79 Å². The van der Waals surface area contributed by atoms with E-state index in [1.165, 1.54) is 0 Å². The summed E-state index contributed by atoms with van der Waals surface area (Å²) in [7, 11) is 0. The molecule has 1 N–H and O–H groups in total. The first-order valence-electron chi connectivity index (χ1n) is 7.41. The van der Waals surface area contributed by atoms with E-state index in [4.69, 9.17) is 16.3 Å². The zero-order valence-electron chi connectivity index (χ0n) is 13.0. The summed E-state index contributed by atoms with van der Waals surface area (Å²) in [6, 6.07) is 15.8. The van der Waals surface area contributed by atoms with Crippen molar-refractivity contribution in [1.29, 1.82) is 0 Å². The van der Waals surface area contributed by atoms with Crippen LogP contribution in [-0.2, 0) is 4.74 Å². The van der Waals surface area contributed by atoms with Gasteiger partial charge in [0, 0.05) is 20.2 Å². The van der Waals surface area contributed by atoms with Gasteiger partial charge in [0.15, 0.2) is 0 Å². The predicted octanol–water partition coefficient (Wildman–Crippen LogP) is 5.30. The third-order valence-corrected chi connectivity index (χ3v) is 5.24. The van der Waals surface area contributed by atoms with Gasteiger partial charge in [0.2, 0.25) is 0 Å². The molecule has 0 bridgehead atoms. The molecule has 1 fully saturated rings. The fraction of sp³-hybridized carbons (Fsp3) is 0.278. The maximum atomic E-state index is 11.7. The maximum Gasteiger partial charge on any atom is 0.407 e. The zero-order chi connectivity index (χ0) is 16.4. The molecular weight excluding hydrogens is 330 g/mol. The SMILES string of the molecule is CC1(C)COC(=O)N[C@@H]1c1ccccc1Sc1ccc(Cl)cc1. The summed E-state index contributed by atoms with van der Waals surface area (Å²) in [5.74, 6) is 0. The maximum absolute atomic E-state index is 11.7. The van der Waals surface area contributed by atoms with Crippen molar-refractivity contribution in [1.82, 2.24) is 5.32 Å². The zero-order valence-corrected chi connectivity index (χ0v) is 14.6. The molecule has 0 saturated carbocycles. The largest absolute Gasteiger partial charge is 0.449 e. The molecular formula is C18H18ClNO2S. The number of ether oxygens (including phenoxy) is 1. The van der Waals surface area contributed by atoms with Crippen LogP contribution in [0.3, 0.4) is 0 Å². The topological polar surface area (TPSA) is 38.3 Å². The van der Waals surface area contributed by atoms with E-state index in [2.05, 4.69) is 31.3 Å². The molecule has 0 radical (unpaired) electrons. The van der Waals surface area contributed by atoms with E-state index in [0.717, 1.165) is 20.4 Å². The quantitative estimate of drug-likeness (QED) is 0.818. The van der Waals surface area contributed by atoms with Gasteiger partial charge >= 0.3 is 6.09 Å². The Kier molecular flexibility index (Phi) is 4.55. The second-order valence-electron chi connectivity index (χ2n) is 6.24. The van der Waals surface area contributed by atoms with Crippen molar-refractivity contribution in [2.75, 3.05) is 6.61 Å². The summed E-state index contributed by atoms with van der Waals surface area (Å²) in [6.07, 6.45) is -0.361. The standard InChI is InChI=1S/C18H18ClNO2S/c1-18(2)11-22-17(21)20-16(18)14-5-3-4-6-15(14)23-13-9-7-12(19)8-10-13/h3-10,16H,11H2,1-2H3,(H,20,21)/t16-/m1/s1. The van der Waals surface area contributed by atoms with Crippen LogP contribution in [-0.4, -0.2) is 12.7 Å². The number of rotatable bonds is 3. The monoisotopic (exact) mass is 347 g/mol. The lowest BCUT2D eigenvalue weighted by molar-refractivity contribution is 0.0380. The molecule has 5 heteroatoms. The predicted molar refractivity (Wildman–Crippen MR) is 93.0 cm³/mol. The molecule has 2 aromatic rings. The highest BCUT2D eigenvalue weighted by molar-refractivity contribution is 7.99. The number of carbonyl (C=O) groups excluding carboxylic acids is 1. The molecule has 0 unspecified atom stereocenters. The molecule has 1 heterocycles. The Morgan fingerprint density at radius 1 is 1.17 bits per heavy atom. The third-order valence-electron chi connectivity index (χ3n) is 3.89. The lowest BCUT2D eigenvalue weighted by Crippen LogP contribution is -2.47. The van der Waals surface area contributed by atoms with Crippen LogP contribution >= 0.6 is 23.4 Å². The van der Waals surface area contributed by atoms with Gasteiger partial charge in [-0.2, -0.15) is 0 Å². The Morgan fingerprint density at radius 2 is 1.87 bits per heavy atom. The van der Waals surface area contributed by atoms with Gasteiger partial charge < -0.3 is 10.1 Å². The lowest BCUT2D eigenvalue weighted by atomic mass is 9.80. The molecule has 23 heavy (non-hydrogen) atoms. The van der Waals surface area contributed by atoms with Crippen LogP contribution in [0, 0.1) is 5.41 Å². The molecule has 1 aliphatic rings. The van der Waals surface area contributed by atoms with Gasteiger partial charge in [0.25, 0.3) is 0 Å². The van der Waals surface area contributed by atoms with Gasteiger partial charge in [0.1, 0.15) is 6.61 Å². The van der Waals surface area contributed by atoms with Crippen molar-refractivity contribution < 1.29 is 9.53 Å². The fourth-order valence-electron chi connectivity index (χ4n) is 2.63. The fourth-order valence-corrected chi connectivity index (χ4v) is 3.73. The number of benzene rings is 2. The summed E-state index contributed by atoms with van der Waals surface area (Å²) in [5, 5.41) is 3.69. The smallest absolute Gasteiger partial charge is 0.407 e. The van der Waals surface area contributed by atoms with Gasteiger partial charge in [0.05, 0.1) is 6.04 Å². The minimum absolute atomic E-state index is 0.0836. The highest BCUT2D eigenvalue weighted by Crippen LogP contribution is 2.42. The van der Waals surface area contributed by atoms with Crippen LogP contribution in [0.2, 0.25) is 5.02 Å². The van der Waals surface area contributed by atoms with Crippen LogP contribution in [0.5, 0.6) is 0 Å². The van der Waals surface area contributed by atoms with Crippen LogP contribution in [0.15, 0.2) is 58.3 Å². The van der Waals surface area contributed by atoms with Crippen molar-refractivity contribution in [3.63, 3.8) is 0 Å². The van der Waals surface area contributed by atoms with Crippen LogP contribution in [0.4, 0.5) is 4.79 Å². The molecule has 3 nitrogen and oxygen atoms in total. The molecule has 1 aliphatic heterocycles. The first-order valence-corrected chi connectivity index (χ1v) is 8.61. The Labute approximate surface area is 145 Å². The second kappa shape index (κ2) is 6.46. The number of halogens is 1. The summed E-state index contributed by atoms with van der Waals surface area (Å²) < 4.78 is 5.14. The molecule has 120 valence electrons. The molecule has 2 aromatic carbocycles. The molecule has 0 aromatic heterocycles. The van der Waals surface area contributed by atoms with E-state index in [1.807, 2.05) is 36.4 Å². The molecule has 1 amide bonds. The van der Waals surface area contributed by atoms with Crippen molar-refractivity contribution in [3.8, 4) is 0 Å². The number of alkyl carbamates (subject to hydrolysis) is 1. The lowest BCUT2D eigenvalue weighted by Gasteiger charge is -2.39. The minimum Gasteiger partial charge on any atom is -0.449 e. The average Bonchev–Trinajstić information content (AvgIpc) is 2.53. The number of carbonyl (C=O) groups is 1. The third kappa shape index (κ3) is 3.65. The van der Waals surface area contributed by atoms with E-state index < -0.39 is 0 Å². The Morgan fingerprint density at radius 3 is 2.61 bits per heavy atom. The summed E-state index contributed by atoms with van der Waals surface area (Å²) >= 11 is 7.62. The first-order chi connectivity index (χ1) is 11.0. The van der Waals surface area contributed by atoms with E-state index in [0.29, 0.717) is 6.61 Å². The molecule has 0 spiro atoms. The van der Waals surface area contributed by atoms with E-state index in [1.54, 1.807) is 11.8 Å². The van der Waals surface area contributed by atoms with Gasteiger partial charge in [-0.05, 0) is 35.9 Å².